The Morgan fingerprint density at radius 3 is 1.44 bits per heavy atom. The molecule has 54 heavy (non-hydrogen) atoms. The van der Waals surface area contributed by atoms with E-state index in [2.05, 4.69) is 93.7 Å². The van der Waals surface area contributed by atoms with Crippen LogP contribution in [0.1, 0.15) is 201 Å². The molecule has 0 spiro atoms. The van der Waals surface area contributed by atoms with Crippen LogP contribution in [-0.2, 0) is 23.8 Å². The Morgan fingerprint density at radius 2 is 0.870 bits per heavy atom. The molecule has 1 unspecified atom stereocenters. The van der Waals surface area contributed by atoms with Gasteiger partial charge in [0.1, 0.15) is 6.61 Å². The van der Waals surface area contributed by atoms with Gasteiger partial charge in [-0.1, -0.05) is 164 Å². The van der Waals surface area contributed by atoms with Gasteiger partial charge >= 0.3 is 11.9 Å². The van der Waals surface area contributed by atoms with Crippen LogP contribution in [0, 0.1) is 0 Å². The molecule has 0 aromatic heterocycles. The van der Waals surface area contributed by atoms with Crippen molar-refractivity contribution in [1.29, 1.82) is 0 Å². The standard InChI is InChI=1S/C49H84O5/c1-4-7-10-13-16-19-22-24-26-29-32-35-38-41-44-52-45-47(54-49(51)43-40-37-34-31-27-21-18-15-12-9-6-3)46-53-48(50)42-39-36-33-30-28-25-23-20-17-14-11-8-5-2/h8,10-11,13,15,17-20,22,25,28,47H,4-7,9,12,14,16,21,23-24,26-27,29-46H2,1-3H3/b11-8-,13-10-,18-15-,20-17-,22-19-,28-25-. The highest BCUT2D eigenvalue weighted by Gasteiger charge is 2.17. The number of hydrogen-bond donors (Lipinski definition) is 0. The normalized spacial score (nSPS) is 12.9. The maximum Gasteiger partial charge on any atom is 0.306 e. The Balaban J connectivity index is 4.33. The fourth-order valence-electron chi connectivity index (χ4n) is 5.84. The molecule has 0 radical (unpaired) electrons. The molecule has 0 aromatic carbocycles. The zero-order valence-electron chi connectivity index (χ0n) is 35.5. The van der Waals surface area contributed by atoms with Gasteiger partial charge in [0.15, 0.2) is 6.10 Å². The Hall–Kier alpha value is -2.66. The fourth-order valence-corrected chi connectivity index (χ4v) is 5.84. The summed E-state index contributed by atoms with van der Waals surface area (Å²) in [6, 6.07) is 0. The van der Waals surface area contributed by atoms with Gasteiger partial charge < -0.3 is 14.2 Å². The summed E-state index contributed by atoms with van der Waals surface area (Å²) in [4.78, 5) is 25.2. The molecule has 0 saturated heterocycles. The minimum absolute atomic E-state index is 0.0598. The van der Waals surface area contributed by atoms with E-state index >= 15 is 0 Å². The Kier molecular flexibility index (Phi) is 42.5. The second-order valence-corrected chi connectivity index (χ2v) is 14.6. The topological polar surface area (TPSA) is 61.8 Å². The van der Waals surface area contributed by atoms with Crippen molar-refractivity contribution >= 4 is 11.9 Å². The first-order valence-electron chi connectivity index (χ1n) is 22.5. The lowest BCUT2D eigenvalue weighted by Gasteiger charge is -2.18. The minimum Gasteiger partial charge on any atom is -0.462 e. The molecule has 0 rings (SSSR count). The van der Waals surface area contributed by atoms with Crippen LogP contribution in [0.2, 0.25) is 0 Å². The quantitative estimate of drug-likeness (QED) is 0.0354. The van der Waals surface area contributed by atoms with Crippen LogP contribution in [0.3, 0.4) is 0 Å². The third-order valence-corrected chi connectivity index (χ3v) is 9.18. The van der Waals surface area contributed by atoms with E-state index in [1.165, 1.54) is 77.0 Å². The summed E-state index contributed by atoms with van der Waals surface area (Å²) in [6.07, 6.45) is 56.1. The van der Waals surface area contributed by atoms with Crippen molar-refractivity contribution in [3.63, 3.8) is 0 Å². The van der Waals surface area contributed by atoms with Crippen LogP contribution in [0.5, 0.6) is 0 Å². The molecular formula is C49H84O5. The van der Waals surface area contributed by atoms with Crippen LogP contribution in [0.25, 0.3) is 0 Å². The second kappa shape index (κ2) is 44.7. The summed E-state index contributed by atoms with van der Waals surface area (Å²) in [7, 11) is 0. The number of carbonyl (C=O) groups excluding carboxylic acids is 2. The molecule has 0 amide bonds. The first-order valence-corrected chi connectivity index (χ1v) is 22.5. The molecule has 0 N–H and O–H groups in total. The summed E-state index contributed by atoms with van der Waals surface area (Å²) >= 11 is 0. The Bertz CT molecular complexity index is 988. The first kappa shape index (κ1) is 51.3. The number of hydrogen-bond acceptors (Lipinski definition) is 5. The van der Waals surface area contributed by atoms with E-state index in [1.54, 1.807) is 0 Å². The molecule has 0 aliphatic rings. The predicted octanol–water partition coefficient (Wildman–Crippen LogP) is 14.8. The average Bonchev–Trinajstić information content (AvgIpc) is 3.17. The SMILES string of the molecule is CC/C=C\C/C=C\C/C=C\CCCCCC(=O)OCC(COCCCCCCCC/C=C\C/C=C\CCC)OC(=O)CCCCCCC/C=C\CCCC. The van der Waals surface area contributed by atoms with Gasteiger partial charge in [0.2, 0.25) is 0 Å². The highest BCUT2D eigenvalue weighted by atomic mass is 16.6. The van der Waals surface area contributed by atoms with Crippen molar-refractivity contribution < 1.29 is 23.8 Å². The number of ether oxygens (including phenoxy) is 3. The van der Waals surface area contributed by atoms with E-state index in [-0.39, 0.29) is 25.2 Å². The molecular weight excluding hydrogens is 669 g/mol. The van der Waals surface area contributed by atoms with Gasteiger partial charge in [0, 0.05) is 19.4 Å². The van der Waals surface area contributed by atoms with E-state index in [9.17, 15) is 9.59 Å². The van der Waals surface area contributed by atoms with Gasteiger partial charge in [-0.25, -0.2) is 0 Å². The number of rotatable bonds is 40. The van der Waals surface area contributed by atoms with Crippen LogP contribution in [0.4, 0.5) is 0 Å². The van der Waals surface area contributed by atoms with Gasteiger partial charge in [-0.2, -0.15) is 0 Å². The lowest BCUT2D eigenvalue weighted by atomic mass is 10.1. The van der Waals surface area contributed by atoms with E-state index in [0.717, 1.165) is 89.9 Å². The summed E-state index contributed by atoms with van der Waals surface area (Å²) < 4.78 is 17.3. The van der Waals surface area contributed by atoms with E-state index < -0.39 is 6.10 Å². The van der Waals surface area contributed by atoms with Gasteiger partial charge in [-0.3, -0.25) is 9.59 Å². The molecule has 310 valence electrons. The molecule has 0 aliphatic carbocycles. The lowest BCUT2D eigenvalue weighted by molar-refractivity contribution is -0.163. The number of esters is 2. The highest BCUT2D eigenvalue weighted by molar-refractivity contribution is 5.70. The van der Waals surface area contributed by atoms with E-state index in [4.69, 9.17) is 14.2 Å². The van der Waals surface area contributed by atoms with E-state index in [0.29, 0.717) is 19.4 Å². The van der Waals surface area contributed by atoms with Crippen molar-refractivity contribution in [2.75, 3.05) is 19.8 Å². The summed E-state index contributed by atoms with van der Waals surface area (Å²) in [5, 5.41) is 0. The summed E-state index contributed by atoms with van der Waals surface area (Å²) in [5.41, 5.74) is 0. The molecule has 5 nitrogen and oxygen atoms in total. The highest BCUT2D eigenvalue weighted by Crippen LogP contribution is 2.12. The van der Waals surface area contributed by atoms with Gasteiger partial charge in [0.05, 0.1) is 6.61 Å². The zero-order chi connectivity index (χ0) is 39.3. The smallest absolute Gasteiger partial charge is 0.306 e. The van der Waals surface area contributed by atoms with Crippen LogP contribution in [-0.4, -0.2) is 37.9 Å². The minimum atomic E-state index is -0.557. The van der Waals surface area contributed by atoms with Crippen LogP contribution in [0.15, 0.2) is 72.9 Å². The van der Waals surface area contributed by atoms with Crippen molar-refractivity contribution in [2.24, 2.45) is 0 Å². The van der Waals surface area contributed by atoms with E-state index in [1.807, 2.05) is 0 Å². The first-order chi connectivity index (χ1) is 26.6. The van der Waals surface area contributed by atoms with Gasteiger partial charge in [-0.05, 0) is 96.3 Å². The van der Waals surface area contributed by atoms with Crippen LogP contribution < -0.4 is 0 Å². The number of unbranched alkanes of at least 4 members (excludes halogenated alkanes) is 17. The Morgan fingerprint density at radius 1 is 0.426 bits per heavy atom. The lowest BCUT2D eigenvalue weighted by Crippen LogP contribution is -2.30. The van der Waals surface area contributed by atoms with Gasteiger partial charge in [-0.15, -0.1) is 0 Å². The molecule has 5 heteroatoms. The number of allylic oxidation sites excluding steroid dienone is 12. The third kappa shape index (κ3) is 42.1. The molecule has 0 aromatic rings. The molecule has 0 fully saturated rings. The second-order valence-electron chi connectivity index (χ2n) is 14.6. The summed E-state index contributed by atoms with van der Waals surface area (Å²) in [6.45, 7) is 7.54. The van der Waals surface area contributed by atoms with Crippen molar-refractivity contribution in [2.45, 2.75) is 207 Å². The van der Waals surface area contributed by atoms with Crippen molar-refractivity contribution in [3.05, 3.63) is 72.9 Å². The zero-order valence-corrected chi connectivity index (χ0v) is 35.5. The maximum atomic E-state index is 12.7. The fraction of sp³-hybridized carbons (Fsp3) is 0.714. The predicted molar refractivity (Wildman–Crippen MR) is 233 cm³/mol. The maximum absolute atomic E-state index is 12.7. The van der Waals surface area contributed by atoms with Crippen LogP contribution >= 0.6 is 0 Å². The van der Waals surface area contributed by atoms with Crippen molar-refractivity contribution in [1.82, 2.24) is 0 Å². The van der Waals surface area contributed by atoms with Gasteiger partial charge in [0.25, 0.3) is 0 Å². The number of carbonyl (C=O) groups is 2. The largest absolute Gasteiger partial charge is 0.462 e. The summed E-state index contributed by atoms with van der Waals surface area (Å²) in [5.74, 6) is -0.452. The third-order valence-electron chi connectivity index (χ3n) is 9.18. The monoisotopic (exact) mass is 753 g/mol. The van der Waals surface area contributed by atoms with Crippen molar-refractivity contribution in [3.8, 4) is 0 Å². The average molecular weight is 753 g/mol. The molecule has 1 atom stereocenters. The molecule has 0 aliphatic heterocycles. The molecule has 0 heterocycles. The molecule has 0 bridgehead atoms. The molecule has 0 saturated carbocycles. The Labute approximate surface area is 334 Å².